The second kappa shape index (κ2) is 10.3. The molecule has 0 radical (unpaired) electrons. The molecule has 4 nitrogen and oxygen atoms in total. The molecule has 0 fully saturated rings. The maximum absolute atomic E-state index is 6.60. The fourth-order valence-corrected chi connectivity index (χ4v) is 8.40. The molecule has 9 rings (SSSR count). The van der Waals surface area contributed by atoms with E-state index in [-0.39, 0.29) is 5.92 Å². The quantitative estimate of drug-likeness (QED) is 0.374. The number of nitrogens with zero attached hydrogens (tertiary/aromatic N) is 3. The summed E-state index contributed by atoms with van der Waals surface area (Å²) in [5.74, 6) is 5.91. The minimum absolute atomic E-state index is 0.157. The van der Waals surface area contributed by atoms with Gasteiger partial charge in [-0.05, 0) is 115 Å². The highest BCUT2D eigenvalue weighted by Gasteiger charge is 2.37. The molecular formula is C39H37N3O. The van der Waals surface area contributed by atoms with Gasteiger partial charge >= 0.3 is 0 Å². The summed E-state index contributed by atoms with van der Waals surface area (Å²) >= 11 is 0. The van der Waals surface area contributed by atoms with E-state index >= 15 is 0 Å². The zero-order chi connectivity index (χ0) is 28.3. The molecule has 7 aliphatic rings. The molecule has 2 aromatic rings. The number of hydrogen-bond donors (Lipinski definition) is 0. The van der Waals surface area contributed by atoms with Crippen molar-refractivity contribution in [3.63, 3.8) is 0 Å². The van der Waals surface area contributed by atoms with Crippen LogP contribution in [0, 0.1) is 11.8 Å². The highest BCUT2D eigenvalue weighted by molar-refractivity contribution is 5.85. The minimum Gasteiger partial charge on any atom is -0.465 e. The lowest BCUT2D eigenvalue weighted by atomic mass is 9.73. The van der Waals surface area contributed by atoms with E-state index in [4.69, 9.17) is 19.7 Å². The Hall–Kier alpha value is -4.05. The van der Waals surface area contributed by atoms with Crippen molar-refractivity contribution < 1.29 is 4.74 Å². The first-order valence-electron chi connectivity index (χ1n) is 16.4. The van der Waals surface area contributed by atoms with E-state index in [0.717, 1.165) is 67.3 Å². The maximum atomic E-state index is 6.60. The number of fused-ring (bicyclic) bond motifs is 7. The lowest BCUT2D eigenvalue weighted by Gasteiger charge is -2.32. The first kappa shape index (κ1) is 25.4. The van der Waals surface area contributed by atoms with Crippen molar-refractivity contribution in [1.29, 1.82) is 0 Å². The van der Waals surface area contributed by atoms with Crippen LogP contribution in [0.3, 0.4) is 0 Å². The third-order valence-corrected chi connectivity index (χ3v) is 10.6. The first-order valence-corrected chi connectivity index (χ1v) is 16.4. The van der Waals surface area contributed by atoms with Crippen molar-refractivity contribution in [3.05, 3.63) is 124 Å². The molecule has 1 aliphatic heterocycles. The van der Waals surface area contributed by atoms with Crippen LogP contribution in [-0.2, 0) is 17.6 Å². The molecule has 3 unspecified atom stereocenters. The summed E-state index contributed by atoms with van der Waals surface area (Å²) in [6, 6.07) is 4.72. The van der Waals surface area contributed by atoms with E-state index in [2.05, 4.69) is 72.9 Å². The van der Waals surface area contributed by atoms with Crippen LogP contribution >= 0.6 is 0 Å². The van der Waals surface area contributed by atoms with E-state index in [1.165, 1.54) is 65.7 Å². The second-order valence-electron chi connectivity index (χ2n) is 13.1. The zero-order valence-electron chi connectivity index (χ0n) is 24.7. The summed E-state index contributed by atoms with van der Waals surface area (Å²) in [6.45, 7) is 0. The Morgan fingerprint density at radius 3 is 2.65 bits per heavy atom. The molecule has 3 atom stereocenters. The zero-order valence-corrected chi connectivity index (χ0v) is 24.7. The van der Waals surface area contributed by atoms with Crippen molar-refractivity contribution in [3.8, 4) is 0 Å². The van der Waals surface area contributed by atoms with E-state index in [1.54, 1.807) is 11.1 Å². The van der Waals surface area contributed by atoms with Crippen LogP contribution in [0.1, 0.15) is 103 Å². The van der Waals surface area contributed by atoms with Gasteiger partial charge in [0.1, 0.15) is 17.3 Å². The van der Waals surface area contributed by atoms with Crippen molar-refractivity contribution >= 4 is 22.8 Å². The van der Waals surface area contributed by atoms with Gasteiger partial charge < -0.3 is 4.74 Å². The molecule has 0 spiro atoms. The summed E-state index contributed by atoms with van der Waals surface area (Å²) < 4.78 is 6.60. The van der Waals surface area contributed by atoms with Gasteiger partial charge in [0.2, 0.25) is 0 Å². The summed E-state index contributed by atoms with van der Waals surface area (Å²) in [5.41, 5.74) is 11.2. The largest absolute Gasteiger partial charge is 0.465 e. The molecule has 43 heavy (non-hydrogen) atoms. The molecule has 0 saturated carbocycles. The predicted octanol–water partition coefficient (Wildman–Crippen LogP) is 9.01. The van der Waals surface area contributed by atoms with E-state index in [9.17, 15) is 0 Å². The Morgan fingerprint density at radius 1 is 0.767 bits per heavy atom. The van der Waals surface area contributed by atoms with Crippen LogP contribution in [0.15, 0.2) is 83.9 Å². The number of hydrogen-bond acceptors (Lipinski definition) is 4. The van der Waals surface area contributed by atoms with E-state index in [1.807, 2.05) is 0 Å². The number of allylic oxidation sites excluding steroid dienone is 14. The highest BCUT2D eigenvalue weighted by atomic mass is 16.5. The smallest absolute Gasteiger partial charge is 0.167 e. The summed E-state index contributed by atoms with van der Waals surface area (Å²) in [5, 5.41) is 0. The first-order chi connectivity index (χ1) is 21.3. The summed E-state index contributed by atoms with van der Waals surface area (Å²) in [6.07, 6.45) is 34.7. The SMILES string of the molecule is C1=CCC2CCc3c(ccc4c3CCC(c3nc(C5=C6OC7=C(CCCC7)C6CC=C5)nc(C5C=CC=CC5)n3)=C4)C2=C1. The van der Waals surface area contributed by atoms with Gasteiger partial charge in [0.25, 0.3) is 0 Å². The van der Waals surface area contributed by atoms with Gasteiger partial charge in [-0.25, -0.2) is 15.0 Å². The molecule has 2 heterocycles. The van der Waals surface area contributed by atoms with E-state index < -0.39 is 0 Å². The van der Waals surface area contributed by atoms with Crippen LogP contribution < -0.4 is 0 Å². The second-order valence-corrected chi connectivity index (χ2v) is 13.1. The van der Waals surface area contributed by atoms with Gasteiger partial charge in [0.15, 0.2) is 11.6 Å². The monoisotopic (exact) mass is 563 g/mol. The number of rotatable bonds is 3. The lowest BCUT2D eigenvalue weighted by molar-refractivity contribution is 0.290. The standard InChI is InChI=1S/C39H37N3O/c1-2-10-25(11-3-1)37-40-38(42-39(41-37)34-15-8-14-33-32-13-6-7-16-35(32)43-36(33)34)27-19-20-29-26(23-27)18-22-30-28-12-5-4-9-24(28)17-21-31(29)30/h1-5,8,10,12,15,18,22-25,33H,6-7,9,11,13-14,16-17,19-21H2. The normalized spacial score (nSPS) is 26.7. The molecule has 0 amide bonds. The molecule has 6 aliphatic carbocycles. The fraction of sp³-hybridized carbons (Fsp3) is 0.359. The molecule has 0 saturated heterocycles. The Balaban J connectivity index is 1.13. The third kappa shape index (κ3) is 4.29. The van der Waals surface area contributed by atoms with Crippen LogP contribution in [0.4, 0.5) is 0 Å². The molecule has 214 valence electrons. The molecular weight excluding hydrogens is 526 g/mol. The molecule has 0 N–H and O–H groups in total. The molecule has 0 bridgehead atoms. The summed E-state index contributed by atoms with van der Waals surface area (Å²) in [4.78, 5) is 15.5. The summed E-state index contributed by atoms with van der Waals surface area (Å²) in [7, 11) is 0. The maximum Gasteiger partial charge on any atom is 0.167 e. The Bertz CT molecular complexity index is 1790. The molecule has 1 aromatic carbocycles. The number of ether oxygens (including phenoxy) is 1. The number of aromatic nitrogens is 3. The van der Waals surface area contributed by atoms with Crippen LogP contribution in [0.25, 0.3) is 22.8 Å². The van der Waals surface area contributed by atoms with Gasteiger partial charge in [-0.1, -0.05) is 66.8 Å². The highest BCUT2D eigenvalue weighted by Crippen LogP contribution is 2.48. The number of benzene rings is 1. The average Bonchev–Trinajstić information content (AvgIpc) is 3.47. The van der Waals surface area contributed by atoms with Crippen LogP contribution in [-0.4, -0.2) is 15.0 Å². The van der Waals surface area contributed by atoms with Gasteiger partial charge in [-0.15, -0.1) is 0 Å². The molecule has 4 heteroatoms. The lowest BCUT2D eigenvalue weighted by Crippen LogP contribution is -2.18. The van der Waals surface area contributed by atoms with Gasteiger partial charge in [0, 0.05) is 18.3 Å². The third-order valence-electron chi connectivity index (χ3n) is 10.6. The fourth-order valence-electron chi connectivity index (χ4n) is 8.40. The van der Waals surface area contributed by atoms with Crippen LogP contribution in [0.5, 0.6) is 0 Å². The van der Waals surface area contributed by atoms with Gasteiger partial charge in [-0.3, -0.25) is 0 Å². The van der Waals surface area contributed by atoms with Crippen molar-refractivity contribution in [2.24, 2.45) is 11.8 Å². The van der Waals surface area contributed by atoms with Crippen molar-refractivity contribution in [2.75, 3.05) is 0 Å². The van der Waals surface area contributed by atoms with Crippen molar-refractivity contribution in [1.82, 2.24) is 15.0 Å². The van der Waals surface area contributed by atoms with Gasteiger partial charge in [0.05, 0.1) is 5.57 Å². The Kier molecular flexibility index (Phi) is 6.09. The van der Waals surface area contributed by atoms with Crippen LogP contribution in [0.2, 0.25) is 0 Å². The molecule has 1 aromatic heterocycles. The average molecular weight is 564 g/mol. The van der Waals surface area contributed by atoms with Crippen molar-refractivity contribution in [2.45, 2.75) is 76.5 Å². The Labute approximate surface area is 254 Å². The van der Waals surface area contributed by atoms with E-state index in [0.29, 0.717) is 11.8 Å². The predicted molar refractivity (Wildman–Crippen MR) is 172 cm³/mol. The minimum atomic E-state index is 0.157. The topological polar surface area (TPSA) is 47.9 Å². The Morgan fingerprint density at radius 2 is 1.70 bits per heavy atom. The van der Waals surface area contributed by atoms with Gasteiger partial charge in [-0.2, -0.15) is 0 Å².